The van der Waals surface area contributed by atoms with Crippen LogP contribution in [0.5, 0.6) is 5.75 Å². The van der Waals surface area contributed by atoms with Crippen LogP contribution in [0.3, 0.4) is 0 Å². The fourth-order valence-electron chi connectivity index (χ4n) is 2.07. The number of amides is 1. The maximum absolute atomic E-state index is 12.3. The number of benzene rings is 1. The first-order valence-electron chi connectivity index (χ1n) is 6.35. The molecule has 1 aromatic carbocycles. The molecule has 0 aliphatic heterocycles. The van der Waals surface area contributed by atoms with Gasteiger partial charge in [0.25, 0.3) is 5.91 Å². The van der Waals surface area contributed by atoms with E-state index >= 15 is 0 Å². The van der Waals surface area contributed by atoms with Gasteiger partial charge in [-0.05, 0) is 25.1 Å². The normalized spacial score (nSPS) is 10.4. The lowest BCUT2D eigenvalue weighted by Crippen LogP contribution is -2.32. The summed E-state index contributed by atoms with van der Waals surface area (Å²) in [6.07, 6.45) is 0. The molecule has 0 unspecified atom stereocenters. The molecule has 2 rings (SSSR count). The van der Waals surface area contributed by atoms with Crippen molar-refractivity contribution in [2.24, 2.45) is 0 Å². The summed E-state index contributed by atoms with van der Waals surface area (Å²) in [6, 6.07) is 7.11. The van der Waals surface area contributed by atoms with E-state index in [-0.39, 0.29) is 12.5 Å². The Morgan fingerprint density at radius 3 is 2.67 bits per heavy atom. The average molecular weight is 288 g/mol. The molecule has 1 aromatic heterocycles. The van der Waals surface area contributed by atoms with Crippen molar-refractivity contribution in [3.05, 3.63) is 35.5 Å². The predicted molar refractivity (Wildman–Crippen MR) is 77.6 cm³/mol. The molecule has 0 saturated heterocycles. The van der Waals surface area contributed by atoms with Crippen molar-refractivity contribution in [2.75, 3.05) is 20.7 Å². The van der Waals surface area contributed by atoms with Crippen LogP contribution in [0, 0.1) is 6.92 Å². The van der Waals surface area contributed by atoms with Crippen molar-refractivity contribution in [3.63, 3.8) is 0 Å². The molecule has 1 heterocycles. The van der Waals surface area contributed by atoms with Gasteiger partial charge in [0.05, 0.1) is 23.9 Å². The number of hydrogen-bond donors (Lipinski definition) is 1. The maximum atomic E-state index is 12.3. The highest BCUT2D eigenvalue weighted by atomic mass is 16.5. The zero-order valence-electron chi connectivity index (χ0n) is 12.1. The molecule has 0 radical (unpaired) electrons. The number of fused-ring (bicyclic) bond motifs is 1. The number of pyridine rings is 1. The monoisotopic (exact) mass is 288 g/mol. The number of methoxy groups -OCH3 is 1. The molecule has 0 aliphatic carbocycles. The quantitative estimate of drug-likeness (QED) is 0.926. The number of rotatable bonds is 4. The Balaban J connectivity index is 2.43. The molecule has 1 amide bonds. The van der Waals surface area contributed by atoms with E-state index in [1.165, 1.54) is 7.05 Å². The molecule has 1 N–H and O–H groups in total. The number of carbonyl (C=O) groups excluding carboxylic acids is 1. The van der Waals surface area contributed by atoms with Crippen molar-refractivity contribution in [1.82, 2.24) is 9.88 Å². The first kappa shape index (κ1) is 14.8. The molecule has 6 heteroatoms. The molecule has 0 bridgehead atoms. The van der Waals surface area contributed by atoms with Crippen molar-refractivity contribution >= 4 is 22.8 Å². The lowest BCUT2D eigenvalue weighted by Gasteiger charge is -2.16. The Hall–Kier alpha value is -2.63. The van der Waals surface area contributed by atoms with Crippen LogP contribution in [0.1, 0.15) is 16.1 Å². The van der Waals surface area contributed by atoms with E-state index in [2.05, 4.69) is 4.98 Å². The van der Waals surface area contributed by atoms with Crippen LogP contribution in [0.4, 0.5) is 0 Å². The Bertz CT molecular complexity index is 712. The summed E-state index contributed by atoms with van der Waals surface area (Å²) in [6.45, 7) is 1.37. The highest BCUT2D eigenvalue weighted by molar-refractivity contribution is 5.99. The summed E-state index contributed by atoms with van der Waals surface area (Å²) in [5, 5.41) is 9.55. The molecule has 2 aromatic rings. The van der Waals surface area contributed by atoms with Crippen LogP contribution in [0.2, 0.25) is 0 Å². The van der Waals surface area contributed by atoms with Gasteiger partial charge < -0.3 is 14.7 Å². The number of aryl methyl sites for hydroxylation is 1. The Labute approximate surface area is 122 Å². The van der Waals surface area contributed by atoms with Gasteiger partial charge >= 0.3 is 5.97 Å². The number of hydrogen-bond acceptors (Lipinski definition) is 4. The lowest BCUT2D eigenvalue weighted by molar-refractivity contribution is -0.137. The molecule has 110 valence electrons. The average Bonchev–Trinajstić information content (AvgIpc) is 2.44. The van der Waals surface area contributed by atoms with Crippen LogP contribution in [-0.2, 0) is 4.79 Å². The third-order valence-electron chi connectivity index (χ3n) is 3.16. The smallest absolute Gasteiger partial charge is 0.323 e. The fraction of sp³-hybridized carbons (Fsp3) is 0.267. The third-order valence-corrected chi connectivity index (χ3v) is 3.16. The predicted octanol–water partition coefficient (Wildman–Crippen LogP) is 1.71. The van der Waals surface area contributed by atoms with E-state index in [0.29, 0.717) is 17.0 Å². The molecule has 0 saturated carbocycles. The number of aliphatic carboxylic acids is 1. The van der Waals surface area contributed by atoms with Gasteiger partial charge in [0.15, 0.2) is 0 Å². The van der Waals surface area contributed by atoms with Crippen molar-refractivity contribution < 1.29 is 19.4 Å². The van der Waals surface area contributed by atoms with E-state index in [4.69, 9.17) is 9.84 Å². The summed E-state index contributed by atoms with van der Waals surface area (Å²) >= 11 is 0. The number of carboxylic acid groups (broad SMARTS) is 1. The van der Waals surface area contributed by atoms with Crippen LogP contribution in [0.15, 0.2) is 24.3 Å². The first-order chi connectivity index (χ1) is 9.92. The largest absolute Gasteiger partial charge is 0.497 e. The van der Waals surface area contributed by atoms with Gasteiger partial charge in [-0.15, -0.1) is 0 Å². The van der Waals surface area contributed by atoms with Crippen LogP contribution in [-0.4, -0.2) is 47.6 Å². The lowest BCUT2D eigenvalue weighted by atomic mass is 10.1. The minimum Gasteiger partial charge on any atom is -0.497 e. The Kier molecular flexibility index (Phi) is 4.07. The Morgan fingerprint density at radius 2 is 2.05 bits per heavy atom. The SMILES string of the molecule is COc1ccc2cc(C(=O)N(C)CC(=O)O)c(C)nc2c1. The van der Waals surface area contributed by atoms with Crippen molar-refractivity contribution in [3.8, 4) is 5.75 Å². The summed E-state index contributed by atoms with van der Waals surface area (Å²) in [4.78, 5) is 28.5. The molecule has 0 fully saturated rings. The van der Waals surface area contributed by atoms with Crippen molar-refractivity contribution in [2.45, 2.75) is 6.92 Å². The minimum absolute atomic E-state index is 0.348. The molecule has 6 nitrogen and oxygen atoms in total. The second kappa shape index (κ2) is 5.78. The van der Waals surface area contributed by atoms with Crippen LogP contribution >= 0.6 is 0 Å². The van der Waals surface area contributed by atoms with Gasteiger partial charge in [0, 0.05) is 18.5 Å². The Morgan fingerprint density at radius 1 is 1.33 bits per heavy atom. The van der Waals surface area contributed by atoms with E-state index < -0.39 is 5.97 Å². The number of likely N-dealkylation sites (N-methyl/N-ethyl adjacent to an activating group) is 1. The van der Waals surface area contributed by atoms with Gasteiger partial charge in [-0.2, -0.15) is 0 Å². The standard InChI is InChI=1S/C15H16N2O4/c1-9-12(15(20)17(2)8-14(18)19)6-10-4-5-11(21-3)7-13(10)16-9/h4-7H,8H2,1-3H3,(H,18,19). The highest BCUT2D eigenvalue weighted by Gasteiger charge is 2.18. The second-order valence-corrected chi connectivity index (χ2v) is 4.73. The van der Waals surface area contributed by atoms with Gasteiger partial charge in [-0.1, -0.05) is 0 Å². The molecule has 0 aliphatic rings. The van der Waals surface area contributed by atoms with Crippen LogP contribution in [0.25, 0.3) is 10.9 Å². The summed E-state index contributed by atoms with van der Waals surface area (Å²) in [5.41, 5.74) is 1.68. The maximum Gasteiger partial charge on any atom is 0.323 e. The van der Waals surface area contributed by atoms with E-state index in [9.17, 15) is 9.59 Å². The molecule has 0 atom stereocenters. The molecular weight excluding hydrogens is 272 g/mol. The number of ether oxygens (including phenoxy) is 1. The van der Waals surface area contributed by atoms with Gasteiger partial charge in [0.1, 0.15) is 12.3 Å². The zero-order chi connectivity index (χ0) is 15.6. The second-order valence-electron chi connectivity index (χ2n) is 4.73. The number of carbonyl (C=O) groups is 2. The fourth-order valence-corrected chi connectivity index (χ4v) is 2.07. The number of nitrogens with zero attached hydrogens (tertiary/aromatic N) is 2. The molecular formula is C15H16N2O4. The minimum atomic E-state index is -1.05. The summed E-state index contributed by atoms with van der Waals surface area (Å²) < 4.78 is 5.14. The van der Waals surface area contributed by atoms with Crippen LogP contribution < -0.4 is 4.74 Å². The van der Waals surface area contributed by atoms with E-state index in [1.54, 1.807) is 32.2 Å². The van der Waals surface area contributed by atoms with Crippen molar-refractivity contribution in [1.29, 1.82) is 0 Å². The van der Waals surface area contributed by atoms with Gasteiger partial charge in [-0.3, -0.25) is 14.6 Å². The first-order valence-corrected chi connectivity index (χ1v) is 6.35. The third kappa shape index (κ3) is 3.10. The number of aromatic nitrogens is 1. The zero-order valence-corrected chi connectivity index (χ0v) is 12.1. The van der Waals surface area contributed by atoms with Gasteiger partial charge in [-0.25, -0.2) is 0 Å². The topological polar surface area (TPSA) is 79.7 Å². The molecule has 21 heavy (non-hydrogen) atoms. The van der Waals surface area contributed by atoms with E-state index in [1.807, 2.05) is 6.07 Å². The van der Waals surface area contributed by atoms with E-state index in [0.717, 1.165) is 15.8 Å². The molecule has 0 spiro atoms. The summed E-state index contributed by atoms with van der Waals surface area (Å²) in [7, 11) is 3.03. The van der Waals surface area contributed by atoms with Gasteiger partial charge in [0.2, 0.25) is 0 Å². The summed E-state index contributed by atoms with van der Waals surface area (Å²) in [5.74, 6) is -0.724. The number of carboxylic acids is 1. The highest BCUT2D eigenvalue weighted by Crippen LogP contribution is 2.22.